The van der Waals surface area contributed by atoms with Crippen molar-refractivity contribution in [2.45, 2.75) is 26.4 Å². The second-order valence-corrected chi connectivity index (χ2v) is 5.18. The smallest absolute Gasteiger partial charge is 0.125 e. The molecular weight excluding hydrogens is 246 g/mol. The lowest BCUT2D eigenvalue weighted by Crippen LogP contribution is -2.16. The van der Waals surface area contributed by atoms with E-state index in [-0.39, 0.29) is 6.10 Å². The molecule has 0 aliphatic rings. The Morgan fingerprint density at radius 3 is 2.45 bits per heavy atom. The normalized spacial score (nSPS) is 12.2. The van der Waals surface area contributed by atoms with Crippen molar-refractivity contribution in [2.75, 3.05) is 13.6 Å². The number of aryl methyl sites for hydroxylation is 2. The number of ether oxygens (including phenoxy) is 1. The summed E-state index contributed by atoms with van der Waals surface area (Å²) in [4.78, 5) is 0. The van der Waals surface area contributed by atoms with Crippen molar-refractivity contribution in [1.82, 2.24) is 5.32 Å². The third kappa shape index (κ3) is 3.84. The first kappa shape index (κ1) is 14.6. The molecule has 0 aliphatic carbocycles. The summed E-state index contributed by atoms with van der Waals surface area (Å²) in [5, 5.41) is 3.20. The van der Waals surface area contributed by atoms with Crippen LogP contribution in [0.2, 0.25) is 0 Å². The minimum absolute atomic E-state index is 0.0880. The third-order valence-corrected chi connectivity index (χ3v) is 3.43. The van der Waals surface area contributed by atoms with E-state index in [0.717, 1.165) is 18.7 Å². The molecule has 1 atom stereocenters. The van der Waals surface area contributed by atoms with E-state index in [1.54, 1.807) is 0 Å². The van der Waals surface area contributed by atoms with Crippen molar-refractivity contribution in [3.05, 3.63) is 65.2 Å². The van der Waals surface area contributed by atoms with Crippen LogP contribution in [0.25, 0.3) is 0 Å². The van der Waals surface area contributed by atoms with Crippen LogP contribution in [0, 0.1) is 13.8 Å². The van der Waals surface area contributed by atoms with Gasteiger partial charge in [0.25, 0.3) is 0 Å². The Morgan fingerprint density at radius 1 is 1.05 bits per heavy atom. The van der Waals surface area contributed by atoms with Crippen LogP contribution >= 0.6 is 0 Å². The van der Waals surface area contributed by atoms with Gasteiger partial charge >= 0.3 is 0 Å². The molecule has 2 aromatic rings. The van der Waals surface area contributed by atoms with Gasteiger partial charge in [-0.2, -0.15) is 0 Å². The first-order valence-electron chi connectivity index (χ1n) is 7.14. The molecule has 106 valence electrons. The highest BCUT2D eigenvalue weighted by molar-refractivity contribution is 5.36. The van der Waals surface area contributed by atoms with Crippen LogP contribution < -0.4 is 10.1 Å². The summed E-state index contributed by atoms with van der Waals surface area (Å²) in [5.41, 5.74) is 3.68. The highest BCUT2D eigenvalue weighted by Crippen LogP contribution is 2.27. The molecule has 0 radical (unpaired) electrons. The fourth-order valence-electron chi connectivity index (χ4n) is 2.32. The van der Waals surface area contributed by atoms with Crippen LogP contribution in [0.5, 0.6) is 5.75 Å². The maximum absolute atomic E-state index is 6.25. The fraction of sp³-hybridized carbons (Fsp3) is 0.333. The summed E-state index contributed by atoms with van der Waals surface area (Å²) in [6.45, 7) is 5.14. The Kier molecular flexibility index (Phi) is 5.19. The van der Waals surface area contributed by atoms with Gasteiger partial charge in [-0.3, -0.25) is 0 Å². The zero-order valence-electron chi connectivity index (χ0n) is 12.5. The zero-order valence-corrected chi connectivity index (χ0v) is 12.5. The van der Waals surface area contributed by atoms with Crippen molar-refractivity contribution in [1.29, 1.82) is 0 Å². The topological polar surface area (TPSA) is 21.3 Å². The van der Waals surface area contributed by atoms with E-state index in [4.69, 9.17) is 4.74 Å². The van der Waals surface area contributed by atoms with E-state index in [2.05, 4.69) is 61.6 Å². The molecule has 0 spiro atoms. The molecule has 0 aromatic heterocycles. The van der Waals surface area contributed by atoms with E-state index in [1.165, 1.54) is 16.7 Å². The van der Waals surface area contributed by atoms with Gasteiger partial charge in [-0.1, -0.05) is 48.0 Å². The van der Waals surface area contributed by atoms with E-state index in [9.17, 15) is 0 Å². The Balaban J connectivity index is 2.19. The Labute approximate surface area is 121 Å². The zero-order chi connectivity index (χ0) is 14.4. The summed E-state index contributed by atoms with van der Waals surface area (Å²) in [6, 6.07) is 16.8. The van der Waals surface area contributed by atoms with Gasteiger partial charge in [-0.25, -0.2) is 0 Å². The van der Waals surface area contributed by atoms with Crippen LogP contribution in [0.1, 0.15) is 29.2 Å². The predicted molar refractivity (Wildman–Crippen MR) is 84.3 cm³/mol. The van der Waals surface area contributed by atoms with Gasteiger partial charge < -0.3 is 10.1 Å². The maximum Gasteiger partial charge on any atom is 0.125 e. The Morgan fingerprint density at radius 2 is 1.80 bits per heavy atom. The molecule has 2 nitrogen and oxygen atoms in total. The average Bonchev–Trinajstić information content (AvgIpc) is 2.46. The molecule has 0 amide bonds. The molecule has 0 heterocycles. The van der Waals surface area contributed by atoms with Gasteiger partial charge in [0.05, 0.1) is 0 Å². The predicted octanol–water partition coefficient (Wildman–Crippen LogP) is 4.03. The first-order valence-corrected chi connectivity index (χ1v) is 7.14. The Hall–Kier alpha value is -1.80. The number of rotatable bonds is 6. The summed E-state index contributed by atoms with van der Waals surface area (Å²) < 4.78 is 6.25. The van der Waals surface area contributed by atoms with Gasteiger partial charge in [-0.05, 0) is 44.6 Å². The standard InChI is InChI=1S/C18H23NO/c1-14-9-10-17(15(2)13-14)20-18(11-12-19-3)16-7-5-4-6-8-16/h4-10,13,18-19H,11-12H2,1-3H3/t18-/m1/s1. The fourth-order valence-corrected chi connectivity index (χ4v) is 2.32. The molecular formula is C18H23NO. The van der Waals surface area contributed by atoms with E-state index in [1.807, 2.05) is 13.1 Å². The van der Waals surface area contributed by atoms with Gasteiger partial charge in [-0.15, -0.1) is 0 Å². The van der Waals surface area contributed by atoms with E-state index >= 15 is 0 Å². The van der Waals surface area contributed by atoms with Crippen LogP contribution in [0.15, 0.2) is 48.5 Å². The lowest BCUT2D eigenvalue weighted by molar-refractivity contribution is 0.193. The largest absolute Gasteiger partial charge is 0.485 e. The van der Waals surface area contributed by atoms with Crippen LogP contribution in [0.3, 0.4) is 0 Å². The Bertz CT molecular complexity index is 536. The van der Waals surface area contributed by atoms with Crippen LogP contribution in [0.4, 0.5) is 0 Å². The second-order valence-electron chi connectivity index (χ2n) is 5.18. The van der Waals surface area contributed by atoms with Crippen molar-refractivity contribution in [2.24, 2.45) is 0 Å². The monoisotopic (exact) mass is 269 g/mol. The molecule has 0 bridgehead atoms. The molecule has 2 heteroatoms. The van der Waals surface area contributed by atoms with Gasteiger partial charge in [0.15, 0.2) is 0 Å². The van der Waals surface area contributed by atoms with E-state index < -0.39 is 0 Å². The summed E-state index contributed by atoms with van der Waals surface area (Å²) in [7, 11) is 1.97. The lowest BCUT2D eigenvalue weighted by Gasteiger charge is -2.21. The molecule has 1 N–H and O–H groups in total. The number of benzene rings is 2. The molecule has 0 saturated carbocycles. The van der Waals surface area contributed by atoms with Crippen molar-refractivity contribution < 1.29 is 4.74 Å². The second kappa shape index (κ2) is 7.11. The van der Waals surface area contributed by atoms with Crippen molar-refractivity contribution in [3.63, 3.8) is 0 Å². The number of nitrogens with one attached hydrogen (secondary N) is 1. The van der Waals surface area contributed by atoms with Gasteiger partial charge in [0, 0.05) is 6.42 Å². The third-order valence-electron chi connectivity index (χ3n) is 3.43. The summed E-state index contributed by atoms with van der Waals surface area (Å²) in [5.74, 6) is 0.973. The molecule has 0 unspecified atom stereocenters. The average molecular weight is 269 g/mol. The molecule has 0 aliphatic heterocycles. The molecule has 2 aromatic carbocycles. The van der Waals surface area contributed by atoms with Gasteiger partial charge in [0.2, 0.25) is 0 Å². The van der Waals surface area contributed by atoms with Crippen molar-refractivity contribution in [3.8, 4) is 5.75 Å². The SMILES string of the molecule is CNCC[C@@H](Oc1ccc(C)cc1C)c1ccccc1. The molecule has 2 rings (SSSR count). The van der Waals surface area contributed by atoms with Crippen LogP contribution in [-0.4, -0.2) is 13.6 Å². The molecule has 0 fully saturated rings. The summed E-state index contributed by atoms with van der Waals surface area (Å²) in [6.07, 6.45) is 1.04. The van der Waals surface area contributed by atoms with Crippen molar-refractivity contribution >= 4 is 0 Å². The highest BCUT2D eigenvalue weighted by Gasteiger charge is 2.13. The summed E-state index contributed by atoms with van der Waals surface area (Å²) >= 11 is 0. The van der Waals surface area contributed by atoms with Crippen LogP contribution in [-0.2, 0) is 0 Å². The minimum Gasteiger partial charge on any atom is -0.485 e. The highest BCUT2D eigenvalue weighted by atomic mass is 16.5. The molecule has 0 saturated heterocycles. The van der Waals surface area contributed by atoms with Gasteiger partial charge in [0.1, 0.15) is 11.9 Å². The quantitative estimate of drug-likeness (QED) is 0.854. The van der Waals surface area contributed by atoms with E-state index in [0.29, 0.717) is 0 Å². The number of hydrogen-bond donors (Lipinski definition) is 1. The first-order chi connectivity index (χ1) is 9.70. The minimum atomic E-state index is 0.0880. The maximum atomic E-state index is 6.25. The molecule has 20 heavy (non-hydrogen) atoms. The number of hydrogen-bond acceptors (Lipinski definition) is 2. The lowest BCUT2D eigenvalue weighted by atomic mass is 10.1.